The van der Waals surface area contributed by atoms with E-state index < -0.39 is 5.72 Å². The van der Waals surface area contributed by atoms with Crippen LogP contribution in [0.3, 0.4) is 0 Å². The minimum absolute atomic E-state index is 0.0225. The second-order valence-electron chi connectivity index (χ2n) is 10.4. The number of benzene rings is 3. The number of carbonyl (C=O) groups is 1. The van der Waals surface area contributed by atoms with Crippen LogP contribution >= 0.6 is 0 Å². The van der Waals surface area contributed by atoms with Crippen LogP contribution in [-0.2, 0) is 10.2 Å². The van der Waals surface area contributed by atoms with E-state index in [1.807, 2.05) is 26.8 Å². The third-order valence-electron chi connectivity index (χ3n) is 6.65. The lowest BCUT2D eigenvalue weighted by molar-refractivity contribution is -0.121. The summed E-state index contributed by atoms with van der Waals surface area (Å²) in [6.07, 6.45) is 4.32. The highest BCUT2D eigenvalue weighted by molar-refractivity contribution is 5.94. The zero-order chi connectivity index (χ0) is 22.7. The van der Waals surface area contributed by atoms with Crippen LogP contribution in [-0.4, -0.2) is 23.7 Å². The van der Waals surface area contributed by atoms with Crippen molar-refractivity contribution in [2.24, 2.45) is 0 Å². The number of para-hydroxylation sites is 1. The van der Waals surface area contributed by atoms with Crippen molar-refractivity contribution in [1.82, 2.24) is 5.32 Å². The summed E-state index contributed by atoms with van der Waals surface area (Å²) >= 11 is 0. The molecular weight excluding hydrogens is 396 g/mol. The summed E-state index contributed by atoms with van der Waals surface area (Å²) in [5, 5.41) is 5.46. The molecule has 0 aliphatic carbocycles. The fraction of sp³-hybridized carbons (Fsp3) is 0.321. The van der Waals surface area contributed by atoms with Gasteiger partial charge in [-0.1, -0.05) is 48.5 Å². The fourth-order valence-electron chi connectivity index (χ4n) is 5.17. The first-order chi connectivity index (χ1) is 15.1. The number of nitrogens with zero attached hydrogens (tertiary/aromatic N) is 1. The first-order valence-electron chi connectivity index (χ1n) is 11.2. The van der Waals surface area contributed by atoms with Gasteiger partial charge in [0.25, 0.3) is 0 Å². The molecule has 1 atom stereocenters. The number of rotatable bonds is 2. The van der Waals surface area contributed by atoms with Crippen molar-refractivity contribution in [3.63, 3.8) is 0 Å². The Balaban J connectivity index is 1.64. The Morgan fingerprint density at radius 3 is 2.50 bits per heavy atom. The number of ether oxygens (including phenoxy) is 1. The van der Waals surface area contributed by atoms with E-state index in [1.54, 1.807) is 0 Å². The maximum atomic E-state index is 13.0. The average Bonchev–Trinajstić information content (AvgIpc) is 2.91. The van der Waals surface area contributed by atoms with Crippen molar-refractivity contribution in [2.45, 2.75) is 51.3 Å². The summed E-state index contributed by atoms with van der Waals surface area (Å²) in [4.78, 5) is 15.2. The summed E-state index contributed by atoms with van der Waals surface area (Å²) < 4.78 is 6.89. The lowest BCUT2D eigenvalue weighted by Crippen LogP contribution is -2.61. The number of amides is 1. The zero-order valence-corrected chi connectivity index (χ0v) is 19.4. The summed E-state index contributed by atoms with van der Waals surface area (Å²) in [6.45, 7) is 10.6. The molecule has 0 radical (unpaired) electrons. The zero-order valence-electron chi connectivity index (χ0n) is 19.4. The van der Waals surface area contributed by atoms with Gasteiger partial charge in [-0.15, -0.1) is 0 Å². The van der Waals surface area contributed by atoms with Crippen molar-refractivity contribution in [1.29, 1.82) is 0 Å². The van der Waals surface area contributed by atoms with Gasteiger partial charge in [-0.3, -0.25) is 4.79 Å². The molecule has 2 heterocycles. The van der Waals surface area contributed by atoms with Gasteiger partial charge in [0.2, 0.25) is 11.6 Å². The molecule has 0 aromatic heterocycles. The Kier molecular flexibility index (Phi) is 4.42. The third-order valence-corrected chi connectivity index (χ3v) is 6.65. The highest BCUT2D eigenvalue weighted by Crippen LogP contribution is 2.55. The van der Waals surface area contributed by atoms with Crippen LogP contribution in [0.4, 0.5) is 5.69 Å². The summed E-state index contributed by atoms with van der Waals surface area (Å²) in [7, 11) is 0. The third kappa shape index (κ3) is 3.01. The highest BCUT2D eigenvalue weighted by Gasteiger charge is 2.59. The molecule has 0 bridgehead atoms. The van der Waals surface area contributed by atoms with Crippen LogP contribution in [0.5, 0.6) is 5.75 Å². The molecule has 4 nitrogen and oxygen atoms in total. The Morgan fingerprint density at radius 2 is 1.72 bits per heavy atom. The summed E-state index contributed by atoms with van der Waals surface area (Å²) in [5.74, 6) is 0.819. The van der Waals surface area contributed by atoms with Crippen molar-refractivity contribution >= 4 is 28.4 Å². The van der Waals surface area contributed by atoms with Crippen LogP contribution in [0.2, 0.25) is 0 Å². The largest absolute Gasteiger partial charge is 0.463 e. The fourth-order valence-corrected chi connectivity index (χ4v) is 5.17. The average molecular weight is 427 g/mol. The van der Waals surface area contributed by atoms with Gasteiger partial charge in [-0.2, -0.15) is 0 Å². The number of carbonyl (C=O) groups excluding carboxylic acids is 1. The maximum Gasteiger partial charge on any atom is 0.240 e. The molecule has 1 N–H and O–H groups in total. The topological polar surface area (TPSA) is 41.6 Å². The molecule has 5 rings (SSSR count). The molecule has 1 spiro atoms. The van der Waals surface area contributed by atoms with Crippen molar-refractivity contribution in [2.75, 3.05) is 11.4 Å². The minimum atomic E-state index is -0.804. The second-order valence-corrected chi connectivity index (χ2v) is 10.4. The van der Waals surface area contributed by atoms with Gasteiger partial charge < -0.3 is 15.0 Å². The first kappa shape index (κ1) is 20.6. The van der Waals surface area contributed by atoms with E-state index in [0.29, 0.717) is 0 Å². The molecule has 0 saturated carbocycles. The Labute approximate surface area is 189 Å². The molecule has 4 heteroatoms. The van der Waals surface area contributed by atoms with Gasteiger partial charge in [0.15, 0.2) is 0 Å². The van der Waals surface area contributed by atoms with E-state index in [0.717, 1.165) is 17.0 Å². The first-order valence-corrected chi connectivity index (χ1v) is 11.2. The predicted octanol–water partition coefficient (Wildman–Crippen LogP) is 5.65. The van der Waals surface area contributed by atoms with Gasteiger partial charge in [-0.05, 0) is 75.2 Å². The van der Waals surface area contributed by atoms with Crippen LogP contribution in [0.25, 0.3) is 16.8 Å². The van der Waals surface area contributed by atoms with E-state index >= 15 is 0 Å². The second kappa shape index (κ2) is 6.86. The molecule has 0 fully saturated rings. The molecule has 1 amide bonds. The van der Waals surface area contributed by atoms with Crippen LogP contribution in [0, 0.1) is 0 Å². The monoisotopic (exact) mass is 426 g/mol. The van der Waals surface area contributed by atoms with Crippen molar-refractivity contribution in [3.8, 4) is 5.75 Å². The van der Waals surface area contributed by atoms with Gasteiger partial charge in [0, 0.05) is 16.8 Å². The molecule has 2 aliphatic heterocycles. The summed E-state index contributed by atoms with van der Waals surface area (Å²) in [6, 6.07) is 20.8. The standard InChI is InChI=1S/C28H30N2O2/c1-26(2,3)29-25(31)18-30-23-13-9-8-12-22(23)27(4,5)28(30)17-16-21-20-11-7-6-10-19(20)14-15-24(21)32-28/h6-17H,18H2,1-5H3,(H,29,31). The van der Waals surface area contributed by atoms with E-state index in [9.17, 15) is 4.79 Å². The van der Waals surface area contributed by atoms with Gasteiger partial charge in [-0.25, -0.2) is 0 Å². The number of hydrogen-bond acceptors (Lipinski definition) is 3. The molecule has 164 valence electrons. The maximum absolute atomic E-state index is 13.0. The summed E-state index contributed by atoms with van der Waals surface area (Å²) in [5.41, 5.74) is 1.83. The SMILES string of the molecule is CC(C)(C)NC(=O)CN1c2ccccc2C(C)(C)C12C=Cc1c(ccc3ccccc13)O2. The van der Waals surface area contributed by atoms with Crippen LogP contribution in [0.15, 0.2) is 66.7 Å². The Hall–Kier alpha value is -3.27. The molecular formula is C28H30N2O2. The quantitative estimate of drug-likeness (QED) is 0.575. The van der Waals surface area contributed by atoms with E-state index in [2.05, 4.69) is 90.8 Å². The highest BCUT2D eigenvalue weighted by atomic mass is 16.5. The lowest BCUT2D eigenvalue weighted by Gasteiger charge is -2.47. The molecule has 32 heavy (non-hydrogen) atoms. The van der Waals surface area contributed by atoms with Crippen LogP contribution < -0.4 is 15.0 Å². The minimum Gasteiger partial charge on any atom is -0.463 e. The molecule has 0 saturated heterocycles. The van der Waals surface area contributed by atoms with Gasteiger partial charge in [0.05, 0.1) is 5.41 Å². The number of nitrogens with one attached hydrogen (secondary N) is 1. The molecule has 3 aromatic rings. The predicted molar refractivity (Wildman–Crippen MR) is 131 cm³/mol. The molecule has 2 aliphatic rings. The van der Waals surface area contributed by atoms with E-state index in [1.165, 1.54) is 16.3 Å². The Morgan fingerprint density at radius 1 is 1.00 bits per heavy atom. The van der Waals surface area contributed by atoms with E-state index in [-0.39, 0.29) is 23.4 Å². The number of fused-ring (bicyclic) bond motifs is 4. The smallest absolute Gasteiger partial charge is 0.240 e. The van der Waals surface area contributed by atoms with Gasteiger partial charge >= 0.3 is 0 Å². The van der Waals surface area contributed by atoms with Gasteiger partial charge in [0.1, 0.15) is 12.3 Å². The van der Waals surface area contributed by atoms with Crippen molar-refractivity contribution in [3.05, 3.63) is 77.9 Å². The normalized spacial score (nSPS) is 20.7. The van der Waals surface area contributed by atoms with Crippen molar-refractivity contribution < 1.29 is 9.53 Å². The van der Waals surface area contributed by atoms with Crippen LogP contribution in [0.1, 0.15) is 45.7 Å². The Bertz CT molecular complexity index is 1250. The number of anilines is 1. The van der Waals surface area contributed by atoms with E-state index in [4.69, 9.17) is 4.74 Å². The molecule has 3 aromatic carbocycles. The molecule has 1 unspecified atom stereocenters. The number of hydrogen-bond donors (Lipinski definition) is 1. The lowest BCUT2D eigenvalue weighted by atomic mass is 9.76.